The van der Waals surface area contributed by atoms with Crippen molar-refractivity contribution < 1.29 is 9.21 Å². The molecule has 1 aromatic heterocycles. The fraction of sp³-hybridized carbons (Fsp3) is 0.250. The van der Waals surface area contributed by atoms with Gasteiger partial charge in [0.25, 0.3) is 5.91 Å². The van der Waals surface area contributed by atoms with E-state index in [-0.39, 0.29) is 10.9 Å². The molecule has 0 unspecified atom stereocenters. The van der Waals surface area contributed by atoms with Gasteiger partial charge in [-0.2, -0.15) is 0 Å². The molecule has 21 heavy (non-hydrogen) atoms. The lowest BCUT2D eigenvalue weighted by Crippen LogP contribution is -2.29. The molecule has 4 nitrogen and oxygen atoms in total. The van der Waals surface area contributed by atoms with E-state index in [1.807, 2.05) is 38.1 Å². The van der Waals surface area contributed by atoms with Gasteiger partial charge < -0.3 is 15.1 Å². The quantitative estimate of drug-likeness (QED) is 0.885. The molecule has 1 heterocycles. The van der Waals surface area contributed by atoms with E-state index in [0.717, 1.165) is 11.3 Å². The Hall–Kier alpha value is -2.14. The van der Waals surface area contributed by atoms with Crippen LogP contribution in [0.1, 0.15) is 33.0 Å². The van der Waals surface area contributed by atoms with Gasteiger partial charge in [-0.3, -0.25) is 4.79 Å². The number of carbonyl (C=O) groups excluding carboxylic acids is 1. The highest BCUT2D eigenvalue weighted by Crippen LogP contribution is 2.26. The molecule has 0 aliphatic heterocycles. The molecule has 2 rings (SSSR count). The van der Waals surface area contributed by atoms with Gasteiger partial charge in [0.1, 0.15) is 16.5 Å². The summed E-state index contributed by atoms with van der Waals surface area (Å²) in [4.78, 5) is 14.6. The van der Waals surface area contributed by atoms with Crippen molar-refractivity contribution in [3.8, 4) is 0 Å². The average molecular weight is 302 g/mol. The van der Waals surface area contributed by atoms with Crippen LogP contribution in [-0.4, -0.2) is 17.9 Å². The molecule has 1 amide bonds. The second kappa shape index (κ2) is 5.69. The summed E-state index contributed by atoms with van der Waals surface area (Å²) in [7, 11) is 1.71. The van der Waals surface area contributed by atoms with Crippen LogP contribution in [0.5, 0.6) is 0 Å². The summed E-state index contributed by atoms with van der Waals surface area (Å²) in [6.45, 7) is 5.52. The predicted octanol–water partition coefficient (Wildman–Crippen LogP) is 3.12. The molecule has 0 radical (unpaired) electrons. The van der Waals surface area contributed by atoms with Gasteiger partial charge in [0, 0.05) is 18.2 Å². The van der Waals surface area contributed by atoms with Gasteiger partial charge in [0.2, 0.25) is 0 Å². The number of aryl methyl sites for hydroxylation is 2. The highest BCUT2D eigenvalue weighted by atomic mass is 32.1. The number of amides is 1. The van der Waals surface area contributed by atoms with Crippen LogP contribution < -0.4 is 10.6 Å². The molecule has 0 saturated carbocycles. The minimum Gasteiger partial charge on any atom is -0.466 e. The maximum Gasteiger partial charge on any atom is 0.261 e. The van der Waals surface area contributed by atoms with Crippen molar-refractivity contribution in [2.45, 2.75) is 20.8 Å². The molecule has 2 N–H and O–H groups in total. The van der Waals surface area contributed by atoms with Crippen molar-refractivity contribution in [1.82, 2.24) is 0 Å². The first-order valence-corrected chi connectivity index (χ1v) is 6.99. The largest absolute Gasteiger partial charge is 0.466 e. The normalized spacial score (nSPS) is 10.5. The third-order valence-corrected chi connectivity index (χ3v) is 3.83. The molecule has 0 spiro atoms. The van der Waals surface area contributed by atoms with E-state index in [1.165, 1.54) is 0 Å². The lowest BCUT2D eigenvalue weighted by molar-refractivity contribution is 0.0991. The van der Waals surface area contributed by atoms with Crippen molar-refractivity contribution in [3.63, 3.8) is 0 Å². The van der Waals surface area contributed by atoms with Crippen LogP contribution >= 0.6 is 12.2 Å². The minimum atomic E-state index is -0.134. The molecule has 0 fully saturated rings. The molecule has 0 saturated heterocycles. The Balaban J connectivity index is 2.47. The number of nitrogens with zero attached hydrogens (tertiary/aromatic N) is 1. The van der Waals surface area contributed by atoms with E-state index in [9.17, 15) is 4.79 Å². The van der Waals surface area contributed by atoms with Crippen molar-refractivity contribution in [2.24, 2.45) is 5.73 Å². The zero-order valence-corrected chi connectivity index (χ0v) is 13.4. The molecular weight excluding hydrogens is 284 g/mol. The summed E-state index contributed by atoms with van der Waals surface area (Å²) < 4.78 is 5.53. The van der Waals surface area contributed by atoms with Crippen LogP contribution in [-0.2, 0) is 0 Å². The summed E-state index contributed by atoms with van der Waals surface area (Å²) in [6.07, 6.45) is 0. The second-order valence-electron chi connectivity index (χ2n) is 4.96. The highest BCUT2D eigenvalue weighted by Gasteiger charge is 2.24. The highest BCUT2D eigenvalue weighted by molar-refractivity contribution is 7.80. The Morgan fingerprint density at radius 1 is 1.19 bits per heavy atom. The summed E-state index contributed by atoms with van der Waals surface area (Å²) >= 11 is 5.05. The maximum absolute atomic E-state index is 12.8. The first-order chi connectivity index (χ1) is 9.84. The molecule has 5 heteroatoms. The first-order valence-electron chi connectivity index (χ1n) is 6.58. The van der Waals surface area contributed by atoms with Crippen molar-refractivity contribution in [2.75, 3.05) is 11.9 Å². The standard InChI is InChI=1S/C16H18N2O2S/c1-9-10(2)20-11(3)14(9)16(19)18(4)13-8-6-5-7-12(13)15(17)21/h5-8H,1-4H3,(H2,17,21). The van der Waals surface area contributed by atoms with Crippen LogP contribution in [0.2, 0.25) is 0 Å². The van der Waals surface area contributed by atoms with Gasteiger partial charge in [-0.25, -0.2) is 0 Å². The molecule has 0 aliphatic carbocycles. The van der Waals surface area contributed by atoms with E-state index in [2.05, 4.69) is 0 Å². The number of thiocarbonyl (C=S) groups is 1. The number of para-hydroxylation sites is 1. The van der Waals surface area contributed by atoms with Gasteiger partial charge in [0.15, 0.2) is 0 Å². The van der Waals surface area contributed by atoms with E-state index in [4.69, 9.17) is 22.4 Å². The lowest BCUT2D eigenvalue weighted by atomic mass is 10.1. The molecule has 0 atom stereocenters. The number of anilines is 1. The Morgan fingerprint density at radius 3 is 2.33 bits per heavy atom. The van der Waals surface area contributed by atoms with E-state index in [0.29, 0.717) is 22.6 Å². The number of hydrogen-bond donors (Lipinski definition) is 1. The second-order valence-corrected chi connectivity index (χ2v) is 5.40. The molecule has 2 aromatic rings. The van der Waals surface area contributed by atoms with Crippen molar-refractivity contribution in [3.05, 3.63) is 52.5 Å². The number of hydrogen-bond acceptors (Lipinski definition) is 3. The predicted molar refractivity (Wildman–Crippen MR) is 88.0 cm³/mol. The number of benzene rings is 1. The smallest absolute Gasteiger partial charge is 0.261 e. The Morgan fingerprint density at radius 2 is 1.81 bits per heavy atom. The van der Waals surface area contributed by atoms with Gasteiger partial charge in [0.05, 0.1) is 11.3 Å². The molecule has 0 aliphatic rings. The summed E-state index contributed by atoms with van der Waals surface area (Å²) in [5.41, 5.74) is 8.55. The van der Waals surface area contributed by atoms with Crippen LogP contribution in [0, 0.1) is 20.8 Å². The zero-order chi connectivity index (χ0) is 15.7. The SMILES string of the molecule is Cc1oc(C)c(C(=O)N(C)c2ccccc2C(N)=S)c1C. The number of rotatable bonds is 3. The van der Waals surface area contributed by atoms with Crippen LogP contribution in [0.3, 0.4) is 0 Å². The fourth-order valence-corrected chi connectivity index (χ4v) is 2.53. The lowest BCUT2D eigenvalue weighted by Gasteiger charge is -2.20. The third-order valence-electron chi connectivity index (χ3n) is 3.61. The van der Waals surface area contributed by atoms with Crippen molar-refractivity contribution >= 4 is 28.8 Å². The van der Waals surface area contributed by atoms with Crippen LogP contribution in [0.25, 0.3) is 0 Å². The molecule has 1 aromatic carbocycles. The van der Waals surface area contributed by atoms with Crippen LogP contribution in [0.4, 0.5) is 5.69 Å². The Kier molecular flexibility index (Phi) is 4.14. The fourth-order valence-electron chi connectivity index (χ4n) is 2.36. The summed E-state index contributed by atoms with van der Waals surface area (Å²) in [5.74, 6) is 1.24. The number of nitrogens with two attached hydrogens (primary N) is 1. The number of carbonyl (C=O) groups is 1. The van der Waals surface area contributed by atoms with Gasteiger partial charge >= 0.3 is 0 Å². The van der Waals surface area contributed by atoms with Gasteiger partial charge in [-0.1, -0.05) is 24.4 Å². The average Bonchev–Trinajstić information content (AvgIpc) is 2.70. The van der Waals surface area contributed by atoms with Gasteiger partial charge in [-0.05, 0) is 32.9 Å². The Labute approximate surface area is 129 Å². The number of furan rings is 1. The van der Waals surface area contributed by atoms with Gasteiger partial charge in [-0.15, -0.1) is 0 Å². The van der Waals surface area contributed by atoms with Crippen LogP contribution in [0.15, 0.2) is 28.7 Å². The Bertz CT molecular complexity index is 719. The molecule has 110 valence electrons. The van der Waals surface area contributed by atoms with E-state index >= 15 is 0 Å². The minimum absolute atomic E-state index is 0.134. The van der Waals surface area contributed by atoms with Crippen molar-refractivity contribution in [1.29, 1.82) is 0 Å². The summed E-state index contributed by atoms with van der Waals surface area (Å²) in [6, 6.07) is 7.32. The maximum atomic E-state index is 12.8. The first kappa shape index (κ1) is 15.3. The van der Waals surface area contributed by atoms with E-state index < -0.39 is 0 Å². The molecule has 0 bridgehead atoms. The molecular formula is C16H18N2O2S. The topological polar surface area (TPSA) is 59.5 Å². The zero-order valence-electron chi connectivity index (χ0n) is 12.6. The van der Waals surface area contributed by atoms with E-state index in [1.54, 1.807) is 18.9 Å². The summed E-state index contributed by atoms with van der Waals surface area (Å²) in [5, 5.41) is 0. The third kappa shape index (κ3) is 2.69. The monoisotopic (exact) mass is 302 g/mol.